The van der Waals surface area contributed by atoms with Crippen LogP contribution < -0.4 is 0 Å². The molecule has 0 amide bonds. The Hall–Kier alpha value is -1.11. The third-order valence-electron chi connectivity index (χ3n) is 4.97. The van der Waals surface area contributed by atoms with Crippen molar-refractivity contribution in [3.63, 3.8) is 0 Å². The van der Waals surface area contributed by atoms with E-state index in [0.717, 1.165) is 49.7 Å². The number of aliphatic hydroxyl groups is 1. The first kappa shape index (κ1) is 19.2. The number of aliphatic hydroxyl groups excluding tert-OH is 1. The molecule has 6 heteroatoms. The smallest absolute Gasteiger partial charge is 0.396 e. The quantitative estimate of drug-likeness (QED) is 0.889. The molecule has 1 aliphatic heterocycles. The van der Waals surface area contributed by atoms with Gasteiger partial charge in [-0.1, -0.05) is 6.07 Å². The second-order valence-corrected chi connectivity index (χ2v) is 7.31. The highest BCUT2D eigenvalue weighted by molar-refractivity contribution is 5.32. The van der Waals surface area contributed by atoms with Crippen LogP contribution in [0.1, 0.15) is 29.5 Å². The van der Waals surface area contributed by atoms with Gasteiger partial charge in [-0.2, -0.15) is 13.2 Å². The van der Waals surface area contributed by atoms with Gasteiger partial charge < -0.3 is 10.0 Å². The predicted octanol–water partition coefficient (Wildman–Crippen LogP) is 3.15. The molecule has 1 heterocycles. The van der Waals surface area contributed by atoms with E-state index in [1.54, 1.807) is 6.07 Å². The van der Waals surface area contributed by atoms with Gasteiger partial charge in [-0.25, -0.2) is 0 Å². The topological polar surface area (TPSA) is 26.7 Å². The summed E-state index contributed by atoms with van der Waals surface area (Å²) >= 11 is 0. The summed E-state index contributed by atoms with van der Waals surface area (Å²) in [5, 5.41) is 9.77. The lowest BCUT2D eigenvalue weighted by molar-refractivity contribution is -0.137. The normalized spacial score (nSPS) is 19.0. The fourth-order valence-electron chi connectivity index (χ4n) is 3.48. The van der Waals surface area contributed by atoms with Crippen LogP contribution in [0, 0.1) is 12.3 Å². The van der Waals surface area contributed by atoms with Crippen LogP contribution in [0.4, 0.5) is 13.2 Å². The van der Waals surface area contributed by atoms with Gasteiger partial charge >= 0.3 is 6.18 Å². The molecule has 1 N–H and O–H groups in total. The van der Waals surface area contributed by atoms with Crippen LogP contribution in [-0.4, -0.2) is 55.2 Å². The number of hydrogen-bond acceptors (Lipinski definition) is 3. The molecule has 1 aromatic carbocycles. The molecule has 0 bridgehead atoms. The van der Waals surface area contributed by atoms with Gasteiger partial charge in [0.15, 0.2) is 0 Å². The fourth-order valence-corrected chi connectivity index (χ4v) is 3.48. The van der Waals surface area contributed by atoms with Gasteiger partial charge in [0.2, 0.25) is 0 Å². The number of benzene rings is 1. The Morgan fingerprint density at radius 3 is 2.33 bits per heavy atom. The number of aryl methyl sites for hydroxylation is 1. The van der Waals surface area contributed by atoms with Crippen LogP contribution in [0.5, 0.6) is 0 Å². The van der Waals surface area contributed by atoms with E-state index in [9.17, 15) is 18.3 Å². The third-order valence-corrected chi connectivity index (χ3v) is 4.97. The molecule has 0 aromatic heterocycles. The number of halogens is 3. The van der Waals surface area contributed by atoms with Gasteiger partial charge in [-0.3, -0.25) is 4.90 Å². The average Bonchev–Trinajstić information content (AvgIpc) is 2.50. The summed E-state index contributed by atoms with van der Waals surface area (Å²) < 4.78 is 38.7. The highest BCUT2D eigenvalue weighted by Gasteiger charge is 2.35. The zero-order valence-corrected chi connectivity index (χ0v) is 14.7. The van der Waals surface area contributed by atoms with Crippen LogP contribution in [0.25, 0.3) is 0 Å². The Morgan fingerprint density at radius 1 is 1.21 bits per heavy atom. The summed E-state index contributed by atoms with van der Waals surface area (Å²) in [6.07, 6.45) is -2.58. The number of hydrogen-bond donors (Lipinski definition) is 1. The van der Waals surface area contributed by atoms with Crippen LogP contribution in [0.2, 0.25) is 0 Å². The van der Waals surface area contributed by atoms with E-state index in [1.807, 2.05) is 21.0 Å². The van der Waals surface area contributed by atoms with Crippen molar-refractivity contribution >= 4 is 0 Å². The molecule has 0 saturated carbocycles. The Balaban J connectivity index is 2.04. The summed E-state index contributed by atoms with van der Waals surface area (Å²) in [6, 6.07) is 3.96. The van der Waals surface area contributed by atoms with E-state index in [-0.39, 0.29) is 12.0 Å². The Bertz CT molecular complexity index is 550. The highest BCUT2D eigenvalue weighted by Crippen LogP contribution is 2.34. The van der Waals surface area contributed by atoms with Crippen LogP contribution in [-0.2, 0) is 12.7 Å². The van der Waals surface area contributed by atoms with Crippen molar-refractivity contribution in [3.05, 3.63) is 34.9 Å². The molecule has 0 spiro atoms. The van der Waals surface area contributed by atoms with Gasteiger partial charge in [0, 0.05) is 18.5 Å². The number of alkyl halides is 3. The van der Waals surface area contributed by atoms with Crippen LogP contribution in [0.15, 0.2) is 18.2 Å². The fraction of sp³-hybridized carbons (Fsp3) is 0.667. The summed E-state index contributed by atoms with van der Waals surface area (Å²) in [6.45, 7) is 4.96. The van der Waals surface area contributed by atoms with E-state index in [1.165, 1.54) is 6.07 Å². The van der Waals surface area contributed by atoms with Gasteiger partial charge in [-0.15, -0.1) is 0 Å². The molecular formula is C18H27F3N2O. The van der Waals surface area contributed by atoms with Gasteiger partial charge in [0.25, 0.3) is 0 Å². The first-order valence-corrected chi connectivity index (χ1v) is 8.30. The maximum absolute atomic E-state index is 12.9. The van der Waals surface area contributed by atoms with Gasteiger partial charge in [0.1, 0.15) is 0 Å². The molecule has 24 heavy (non-hydrogen) atoms. The average molecular weight is 344 g/mol. The van der Waals surface area contributed by atoms with Crippen LogP contribution >= 0.6 is 0 Å². The monoisotopic (exact) mass is 344 g/mol. The van der Waals surface area contributed by atoms with Gasteiger partial charge in [0.05, 0.1) is 12.2 Å². The molecule has 0 radical (unpaired) electrons. The summed E-state index contributed by atoms with van der Waals surface area (Å²) in [7, 11) is 3.99. The van der Waals surface area contributed by atoms with E-state index < -0.39 is 11.7 Å². The molecule has 1 fully saturated rings. The second kappa shape index (κ2) is 7.42. The maximum atomic E-state index is 12.9. The zero-order chi connectivity index (χ0) is 18.0. The number of piperidine rings is 1. The van der Waals surface area contributed by atoms with Gasteiger partial charge in [-0.05, 0) is 70.2 Å². The molecule has 136 valence electrons. The number of rotatable bonds is 5. The van der Waals surface area contributed by atoms with Crippen LogP contribution in [0.3, 0.4) is 0 Å². The standard InChI is InChI=1S/C18H27F3N2O/c1-14-4-5-16(18(19,20)21)10-15(14)11-23-8-6-17(13-24,7-9-23)12-22(2)3/h4-5,10,24H,6-9,11-13H2,1-3H3. The lowest BCUT2D eigenvalue weighted by Crippen LogP contribution is -2.46. The van der Waals surface area contributed by atoms with Crippen molar-refractivity contribution in [2.75, 3.05) is 40.3 Å². The summed E-state index contributed by atoms with van der Waals surface area (Å²) in [5.41, 5.74) is 0.935. The third kappa shape index (κ3) is 4.71. The largest absolute Gasteiger partial charge is 0.416 e. The second-order valence-electron chi connectivity index (χ2n) is 7.31. The molecule has 1 saturated heterocycles. The van der Waals surface area contributed by atoms with E-state index in [4.69, 9.17) is 0 Å². The first-order chi connectivity index (χ1) is 11.1. The van der Waals surface area contributed by atoms with Crippen molar-refractivity contribution in [2.45, 2.75) is 32.5 Å². The molecule has 0 aliphatic carbocycles. The molecule has 1 aliphatic rings. The lowest BCUT2D eigenvalue weighted by atomic mass is 9.78. The molecular weight excluding hydrogens is 317 g/mol. The molecule has 0 unspecified atom stereocenters. The summed E-state index contributed by atoms with van der Waals surface area (Å²) in [5.74, 6) is 0. The van der Waals surface area contributed by atoms with Crippen molar-refractivity contribution < 1.29 is 18.3 Å². The molecule has 3 nitrogen and oxygen atoms in total. The predicted molar refractivity (Wildman–Crippen MR) is 88.8 cm³/mol. The minimum absolute atomic E-state index is 0.0944. The summed E-state index contributed by atoms with van der Waals surface area (Å²) in [4.78, 5) is 4.27. The molecule has 2 rings (SSSR count). The number of nitrogens with zero attached hydrogens (tertiary/aromatic N) is 2. The minimum Gasteiger partial charge on any atom is -0.396 e. The van der Waals surface area contributed by atoms with Crippen molar-refractivity contribution in [1.29, 1.82) is 0 Å². The highest BCUT2D eigenvalue weighted by atomic mass is 19.4. The van der Waals surface area contributed by atoms with E-state index >= 15 is 0 Å². The molecule has 1 aromatic rings. The van der Waals surface area contributed by atoms with Crippen molar-refractivity contribution in [1.82, 2.24) is 9.80 Å². The Kier molecular flexibility index (Phi) is 5.94. The zero-order valence-electron chi connectivity index (χ0n) is 14.7. The minimum atomic E-state index is -4.30. The molecule has 0 atom stereocenters. The van der Waals surface area contributed by atoms with Crippen molar-refractivity contribution in [2.24, 2.45) is 5.41 Å². The van der Waals surface area contributed by atoms with E-state index in [0.29, 0.717) is 6.54 Å². The SMILES string of the molecule is Cc1ccc(C(F)(F)F)cc1CN1CCC(CO)(CN(C)C)CC1. The maximum Gasteiger partial charge on any atom is 0.416 e. The van der Waals surface area contributed by atoms with E-state index in [2.05, 4.69) is 9.80 Å². The Labute approximate surface area is 142 Å². The first-order valence-electron chi connectivity index (χ1n) is 8.30. The number of likely N-dealkylation sites (tertiary alicyclic amines) is 1. The lowest BCUT2D eigenvalue weighted by Gasteiger charge is -2.42. The Morgan fingerprint density at radius 2 is 1.83 bits per heavy atom. The van der Waals surface area contributed by atoms with Crippen molar-refractivity contribution in [3.8, 4) is 0 Å².